The van der Waals surface area contributed by atoms with Crippen molar-refractivity contribution in [3.63, 3.8) is 0 Å². The number of nitrogens with two attached hydrogens (primary N) is 1. The highest BCUT2D eigenvalue weighted by atomic mass is 79.9. The fraction of sp³-hybridized carbons (Fsp3) is 0.154. The first-order valence-corrected chi connectivity index (χ1v) is 6.51. The summed E-state index contributed by atoms with van der Waals surface area (Å²) in [5.41, 5.74) is 6.24. The van der Waals surface area contributed by atoms with Crippen LogP contribution in [0.15, 0.2) is 41.0 Å². The van der Waals surface area contributed by atoms with Crippen molar-refractivity contribution in [3.8, 4) is 11.5 Å². The molecule has 0 spiro atoms. The number of hydrogen-bond donors (Lipinski definition) is 1. The average molecular weight is 363 g/mol. The van der Waals surface area contributed by atoms with Crippen LogP contribution in [0.2, 0.25) is 0 Å². The molecule has 0 saturated carbocycles. The van der Waals surface area contributed by atoms with Crippen LogP contribution in [0.3, 0.4) is 0 Å². The monoisotopic (exact) mass is 362 g/mol. The molecule has 2 N–H and O–H groups in total. The van der Waals surface area contributed by atoms with Gasteiger partial charge in [0.25, 0.3) is 0 Å². The summed E-state index contributed by atoms with van der Waals surface area (Å²) in [7, 11) is 0. The number of aromatic nitrogens is 1. The maximum atomic E-state index is 12.1. The largest absolute Gasteiger partial charge is 0.573 e. The van der Waals surface area contributed by atoms with Gasteiger partial charge in [0.2, 0.25) is 0 Å². The predicted molar refractivity (Wildman–Crippen MR) is 73.8 cm³/mol. The van der Waals surface area contributed by atoms with Crippen molar-refractivity contribution < 1.29 is 22.6 Å². The van der Waals surface area contributed by atoms with Crippen LogP contribution in [-0.4, -0.2) is 11.3 Å². The van der Waals surface area contributed by atoms with Crippen LogP contribution in [0.25, 0.3) is 0 Å². The number of nitrogen functional groups attached to an aromatic ring is 1. The van der Waals surface area contributed by atoms with Gasteiger partial charge in [-0.2, -0.15) is 0 Å². The highest BCUT2D eigenvalue weighted by Crippen LogP contribution is 2.33. The minimum Gasteiger partial charge on any atom is -0.489 e. The van der Waals surface area contributed by atoms with Crippen molar-refractivity contribution in [2.75, 3.05) is 5.73 Å². The van der Waals surface area contributed by atoms with Gasteiger partial charge in [0.05, 0.1) is 4.47 Å². The number of nitrogens with zero attached hydrogens (tertiary/aromatic N) is 1. The molecule has 0 aliphatic rings. The van der Waals surface area contributed by atoms with Gasteiger partial charge in [-0.15, -0.1) is 13.2 Å². The lowest BCUT2D eigenvalue weighted by Gasteiger charge is -2.12. The van der Waals surface area contributed by atoms with E-state index in [1.165, 1.54) is 18.2 Å². The summed E-state index contributed by atoms with van der Waals surface area (Å²) in [5.74, 6) is 0.465. The van der Waals surface area contributed by atoms with Crippen molar-refractivity contribution >= 4 is 21.7 Å². The standard InChI is InChI=1S/C13H10BrF3N2O2/c14-10-5-9(2-3-11(10)21-13(15,16)17)20-7-8-1-4-12(18)19-6-8/h1-6H,7H2,(H2,18,19). The highest BCUT2D eigenvalue weighted by Gasteiger charge is 2.31. The minimum atomic E-state index is -4.74. The highest BCUT2D eigenvalue weighted by molar-refractivity contribution is 9.10. The van der Waals surface area contributed by atoms with Crippen LogP contribution < -0.4 is 15.2 Å². The molecular formula is C13H10BrF3N2O2. The lowest BCUT2D eigenvalue weighted by atomic mass is 10.3. The average Bonchev–Trinajstić information content (AvgIpc) is 2.40. The molecule has 2 aromatic rings. The Morgan fingerprint density at radius 3 is 2.52 bits per heavy atom. The molecule has 21 heavy (non-hydrogen) atoms. The zero-order valence-electron chi connectivity index (χ0n) is 10.5. The number of halogens is 4. The molecular weight excluding hydrogens is 353 g/mol. The molecule has 4 nitrogen and oxygen atoms in total. The molecule has 112 valence electrons. The van der Waals surface area contributed by atoms with Gasteiger partial charge < -0.3 is 15.2 Å². The second kappa shape index (κ2) is 6.21. The molecule has 8 heteroatoms. The van der Waals surface area contributed by atoms with Gasteiger partial charge in [0.1, 0.15) is 23.9 Å². The Hall–Kier alpha value is -1.96. The van der Waals surface area contributed by atoms with E-state index < -0.39 is 6.36 Å². The second-order valence-corrected chi connectivity index (χ2v) is 4.87. The van der Waals surface area contributed by atoms with Gasteiger partial charge in [-0.05, 0) is 40.2 Å². The molecule has 0 atom stereocenters. The molecule has 0 saturated heterocycles. The van der Waals surface area contributed by atoms with Crippen molar-refractivity contribution in [1.29, 1.82) is 0 Å². The summed E-state index contributed by atoms with van der Waals surface area (Å²) in [5, 5.41) is 0. The summed E-state index contributed by atoms with van der Waals surface area (Å²) < 4.78 is 45.8. The lowest BCUT2D eigenvalue weighted by Crippen LogP contribution is -2.17. The number of anilines is 1. The topological polar surface area (TPSA) is 57.4 Å². The molecule has 0 amide bonds. The molecule has 0 unspecified atom stereocenters. The fourth-order valence-electron chi connectivity index (χ4n) is 1.47. The Morgan fingerprint density at radius 2 is 1.95 bits per heavy atom. The third-order valence-electron chi connectivity index (χ3n) is 2.38. The summed E-state index contributed by atoms with van der Waals surface area (Å²) in [4.78, 5) is 3.91. The van der Waals surface area contributed by atoms with Gasteiger partial charge in [0.15, 0.2) is 0 Å². The third kappa shape index (κ3) is 4.82. The zero-order valence-corrected chi connectivity index (χ0v) is 12.1. The summed E-state index contributed by atoms with van der Waals surface area (Å²) >= 11 is 3.00. The predicted octanol–water partition coefficient (Wildman–Crippen LogP) is 3.90. The van der Waals surface area contributed by atoms with E-state index in [1.54, 1.807) is 18.3 Å². The van der Waals surface area contributed by atoms with Crippen molar-refractivity contribution in [1.82, 2.24) is 4.98 Å². The first-order valence-electron chi connectivity index (χ1n) is 5.72. The maximum Gasteiger partial charge on any atom is 0.573 e. The molecule has 0 bridgehead atoms. The van der Waals surface area contributed by atoms with E-state index in [-0.39, 0.29) is 16.8 Å². The summed E-state index contributed by atoms with van der Waals surface area (Å²) in [6.07, 6.45) is -3.17. The quantitative estimate of drug-likeness (QED) is 0.895. The number of rotatable bonds is 4. The van der Waals surface area contributed by atoms with E-state index in [0.29, 0.717) is 11.6 Å². The molecule has 1 heterocycles. The Labute approximate surface area is 126 Å². The number of hydrogen-bond acceptors (Lipinski definition) is 4. The summed E-state index contributed by atoms with van der Waals surface area (Å²) in [6.45, 7) is 0.221. The third-order valence-corrected chi connectivity index (χ3v) is 3.00. The van der Waals surface area contributed by atoms with Crippen LogP contribution in [-0.2, 0) is 6.61 Å². The lowest BCUT2D eigenvalue weighted by molar-refractivity contribution is -0.274. The van der Waals surface area contributed by atoms with Crippen molar-refractivity contribution in [2.45, 2.75) is 13.0 Å². The number of benzene rings is 1. The first-order chi connectivity index (χ1) is 9.83. The Morgan fingerprint density at radius 1 is 1.19 bits per heavy atom. The molecule has 0 fully saturated rings. The molecule has 0 radical (unpaired) electrons. The molecule has 2 rings (SSSR count). The van der Waals surface area contributed by atoms with Gasteiger partial charge in [-0.1, -0.05) is 6.07 Å². The van der Waals surface area contributed by atoms with Crippen LogP contribution in [0, 0.1) is 0 Å². The smallest absolute Gasteiger partial charge is 0.489 e. The van der Waals surface area contributed by atoms with E-state index in [1.807, 2.05) is 0 Å². The van der Waals surface area contributed by atoms with E-state index in [9.17, 15) is 13.2 Å². The first kappa shape index (κ1) is 15.4. The fourth-order valence-corrected chi connectivity index (χ4v) is 1.91. The van der Waals surface area contributed by atoms with Crippen LogP contribution in [0.4, 0.5) is 19.0 Å². The van der Waals surface area contributed by atoms with E-state index in [0.717, 1.165) is 5.56 Å². The number of pyridine rings is 1. The zero-order chi connectivity index (χ0) is 15.5. The van der Waals surface area contributed by atoms with Crippen LogP contribution in [0.1, 0.15) is 5.56 Å². The molecule has 0 aliphatic heterocycles. The second-order valence-electron chi connectivity index (χ2n) is 4.02. The van der Waals surface area contributed by atoms with E-state index >= 15 is 0 Å². The van der Waals surface area contributed by atoms with Gasteiger partial charge in [-0.25, -0.2) is 4.98 Å². The normalized spacial score (nSPS) is 11.2. The minimum absolute atomic E-state index is 0.146. The van der Waals surface area contributed by atoms with Gasteiger partial charge >= 0.3 is 6.36 Å². The van der Waals surface area contributed by atoms with Crippen molar-refractivity contribution in [2.24, 2.45) is 0 Å². The Kier molecular flexibility index (Phi) is 4.56. The van der Waals surface area contributed by atoms with Gasteiger partial charge in [-0.3, -0.25) is 0 Å². The van der Waals surface area contributed by atoms with Crippen LogP contribution in [0.5, 0.6) is 11.5 Å². The Balaban J connectivity index is 2.01. The SMILES string of the molecule is Nc1ccc(COc2ccc(OC(F)(F)F)c(Br)c2)cn1. The van der Waals surface area contributed by atoms with Gasteiger partial charge in [0, 0.05) is 11.8 Å². The summed E-state index contributed by atoms with van der Waals surface area (Å²) in [6, 6.07) is 7.34. The number of ether oxygens (including phenoxy) is 2. The van der Waals surface area contributed by atoms with E-state index in [2.05, 4.69) is 25.7 Å². The Bertz CT molecular complexity index is 618. The van der Waals surface area contributed by atoms with E-state index in [4.69, 9.17) is 10.5 Å². The molecule has 1 aromatic heterocycles. The molecule has 0 aliphatic carbocycles. The number of alkyl halides is 3. The molecule has 1 aromatic carbocycles. The maximum absolute atomic E-state index is 12.1. The van der Waals surface area contributed by atoms with Crippen molar-refractivity contribution in [3.05, 3.63) is 46.6 Å². The van der Waals surface area contributed by atoms with Crippen LogP contribution >= 0.6 is 15.9 Å².